The highest BCUT2D eigenvalue weighted by Crippen LogP contribution is 1.98. The molecule has 0 aromatic carbocycles. The number of carboxylic acid groups (broad SMARTS) is 1. The van der Waals surface area contributed by atoms with Gasteiger partial charge in [-0.15, -0.1) is 0 Å². The Morgan fingerprint density at radius 3 is 2.22 bits per heavy atom. The Kier molecular flexibility index (Phi) is 5.37. The van der Waals surface area contributed by atoms with E-state index in [1.807, 2.05) is 7.05 Å². The lowest BCUT2D eigenvalue weighted by Crippen LogP contribution is -2.52. The molecule has 18 heavy (non-hydrogen) atoms. The van der Waals surface area contributed by atoms with Crippen LogP contribution in [-0.4, -0.2) is 79.1 Å². The smallest absolute Gasteiger partial charge is 0.322 e. The highest BCUT2D eigenvalue weighted by molar-refractivity contribution is 5.86. The molecule has 0 aromatic rings. The average Bonchev–Trinajstić information content (AvgIpc) is 2.34. The summed E-state index contributed by atoms with van der Waals surface area (Å²) in [4.78, 5) is 36.8. The summed E-state index contributed by atoms with van der Waals surface area (Å²) >= 11 is 0. The van der Waals surface area contributed by atoms with Gasteiger partial charge in [-0.2, -0.15) is 0 Å². The Bertz CT molecular complexity index is 326. The molecule has 1 aliphatic rings. The maximum atomic E-state index is 11.6. The average molecular weight is 258 g/mol. The van der Waals surface area contributed by atoms with E-state index in [-0.39, 0.29) is 12.6 Å². The number of carbonyl (C=O) groups excluding carboxylic acids is 2. The number of nitrogens with zero attached hydrogens (tertiary/aromatic N) is 2. The van der Waals surface area contributed by atoms with Gasteiger partial charge in [0.15, 0.2) is 0 Å². The molecular weight excluding hydrogens is 240 g/mol. The molecule has 8 nitrogen and oxygen atoms in total. The summed E-state index contributed by atoms with van der Waals surface area (Å²) in [6, 6.07) is -0.298. The predicted molar refractivity (Wildman–Crippen MR) is 63.1 cm³/mol. The van der Waals surface area contributed by atoms with Crippen LogP contribution >= 0.6 is 0 Å². The molecule has 3 N–H and O–H groups in total. The summed E-state index contributed by atoms with van der Waals surface area (Å²) in [7, 11) is 1.98. The van der Waals surface area contributed by atoms with Crippen LogP contribution < -0.4 is 10.6 Å². The summed E-state index contributed by atoms with van der Waals surface area (Å²) in [6.45, 7) is 2.21. The summed E-state index contributed by atoms with van der Waals surface area (Å²) in [6.07, 6.45) is 0. The summed E-state index contributed by atoms with van der Waals surface area (Å²) < 4.78 is 0. The van der Waals surface area contributed by atoms with Crippen LogP contribution in [0.4, 0.5) is 4.79 Å². The number of aliphatic carboxylic acids is 1. The third-order valence-corrected chi connectivity index (χ3v) is 2.63. The molecule has 0 saturated carbocycles. The zero-order valence-electron chi connectivity index (χ0n) is 10.3. The van der Waals surface area contributed by atoms with Crippen molar-refractivity contribution in [1.82, 2.24) is 20.4 Å². The molecule has 3 amide bonds. The van der Waals surface area contributed by atoms with E-state index in [1.165, 1.54) is 0 Å². The normalized spacial score (nSPS) is 16.2. The van der Waals surface area contributed by atoms with Gasteiger partial charge in [-0.1, -0.05) is 0 Å². The van der Waals surface area contributed by atoms with Crippen molar-refractivity contribution in [3.63, 3.8) is 0 Å². The van der Waals surface area contributed by atoms with Gasteiger partial charge in [0.25, 0.3) is 0 Å². The number of piperazine rings is 1. The maximum absolute atomic E-state index is 11.6. The van der Waals surface area contributed by atoms with Gasteiger partial charge in [0.1, 0.15) is 6.54 Å². The fourth-order valence-corrected chi connectivity index (χ4v) is 1.51. The number of carbonyl (C=O) groups is 3. The first-order valence-electron chi connectivity index (χ1n) is 5.69. The van der Waals surface area contributed by atoms with Gasteiger partial charge < -0.3 is 25.5 Å². The van der Waals surface area contributed by atoms with Gasteiger partial charge in [-0.25, -0.2) is 4.79 Å². The van der Waals surface area contributed by atoms with Gasteiger partial charge in [-0.05, 0) is 7.05 Å². The van der Waals surface area contributed by atoms with E-state index in [0.29, 0.717) is 13.1 Å². The third-order valence-electron chi connectivity index (χ3n) is 2.63. The van der Waals surface area contributed by atoms with Crippen molar-refractivity contribution in [2.75, 3.05) is 46.3 Å². The molecule has 0 aliphatic carbocycles. The van der Waals surface area contributed by atoms with E-state index in [0.717, 1.165) is 13.1 Å². The number of rotatable bonds is 4. The van der Waals surface area contributed by atoms with Gasteiger partial charge in [0.05, 0.1) is 6.54 Å². The molecule has 1 heterocycles. The lowest BCUT2D eigenvalue weighted by Gasteiger charge is -2.32. The molecule has 0 bridgehead atoms. The number of likely N-dealkylation sites (N-methyl/N-ethyl adjacent to an activating group) is 1. The van der Waals surface area contributed by atoms with Crippen LogP contribution in [0.15, 0.2) is 0 Å². The summed E-state index contributed by atoms with van der Waals surface area (Å²) in [5.41, 5.74) is 0. The highest BCUT2D eigenvalue weighted by Gasteiger charge is 2.19. The Morgan fingerprint density at radius 2 is 1.67 bits per heavy atom. The number of carboxylic acids is 1. The molecule has 0 radical (unpaired) electrons. The topological polar surface area (TPSA) is 102 Å². The van der Waals surface area contributed by atoms with Crippen LogP contribution in [0, 0.1) is 0 Å². The van der Waals surface area contributed by atoms with E-state index in [4.69, 9.17) is 5.11 Å². The minimum absolute atomic E-state index is 0.210. The second kappa shape index (κ2) is 6.80. The first kappa shape index (κ1) is 14.2. The van der Waals surface area contributed by atoms with Crippen molar-refractivity contribution in [2.24, 2.45) is 0 Å². The maximum Gasteiger partial charge on any atom is 0.322 e. The van der Waals surface area contributed by atoms with Crippen LogP contribution in [0.2, 0.25) is 0 Å². The van der Waals surface area contributed by atoms with Crippen LogP contribution in [-0.2, 0) is 9.59 Å². The largest absolute Gasteiger partial charge is 0.480 e. The lowest BCUT2D eigenvalue weighted by molar-refractivity contribution is -0.137. The Labute approximate surface area is 105 Å². The van der Waals surface area contributed by atoms with E-state index < -0.39 is 18.4 Å². The van der Waals surface area contributed by atoms with Crippen LogP contribution in [0.25, 0.3) is 0 Å². The fourth-order valence-electron chi connectivity index (χ4n) is 1.51. The van der Waals surface area contributed by atoms with Crippen LogP contribution in [0.5, 0.6) is 0 Å². The molecule has 102 valence electrons. The van der Waals surface area contributed by atoms with Gasteiger partial charge >= 0.3 is 12.0 Å². The van der Waals surface area contributed by atoms with Crippen LogP contribution in [0.3, 0.4) is 0 Å². The lowest BCUT2D eigenvalue weighted by atomic mass is 10.3. The fraction of sp³-hybridized carbons (Fsp3) is 0.700. The molecule has 1 saturated heterocycles. The van der Waals surface area contributed by atoms with Gasteiger partial charge in [0.2, 0.25) is 5.91 Å². The van der Waals surface area contributed by atoms with E-state index in [1.54, 1.807) is 4.90 Å². The standard InChI is InChI=1S/C10H18N4O4/c1-13-2-4-14(5-3-13)10(18)12-6-8(15)11-7-9(16)17/h2-7H2,1H3,(H,11,15)(H,12,18)(H,16,17). The van der Waals surface area contributed by atoms with E-state index in [2.05, 4.69) is 15.5 Å². The number of urea groups is 1. The molecular formula is C10H18N4O4. The zero-order chi connectivity index (χ0) is 13.5. The van der Waals surface area contributed by atoms with Crippen molar-refractivity contribution in [3.8, 4) is 0 Å². The molecule has 1 aliphatic heterocycles. The summed E-state index contributed by atoms with van der Waals surface area (Å²) in [5.74, 6) is -1.63. The quantitative estimate of drug-likeness (QED) is 0.549. The summed E-state index contributed by atoms with van der Waals surface area (Å²) in [5, 5.41) is 13.0. The predicted octanol–water partition coefficient (Wildman–Crippen LogP) is -1.86. The van der Waals surface area contributed by atoms with Crippen molar-refractivity contribution >= 4 is 17.9 Å². The Hall–Kier alpha value is -1.83. The highest BCUT2D eigenvalue weighted by atomic mass is 16.4. The van der Waals surface area contributed by atoms with Gasteiger partial charge in [0, 0.05) is 26.2 Å². The minimum atomic E-state index is -1.12. The Balaban J connectivity index is 2.20. The molecule has 0 atom stereocenters. The van der Waals surface area contributed by atoms with Crippen molar-refractivity contribution in [2.45, 2.75) is 0 Å². The number of hydrogen-bond acceptors (Lipinski definition) is 4. The first-order valence-corrected chi connectivity index (χ1v) is 5.69. The molecule has 1 rings (SSSR count). The van der Waals surface area contributed by atoms with Crippen molar-refractivity contribution < 1.29 is 19.5 Å². The Morgan fingerprint density at radius 1 is 1.06 bits per heavy atom. The monoisotopic (exact) mass is 258 g/mol. The molecule has 8 heteroatoms. The molecule has 0 unspecified atom stereocenters. The SMILES string of the molecule is CN1CCN(C(=O)NCC(=O)NCC(=O)O)CC1. The number of hydrogen-bond donors (Lipinski definition) is 3. The zero-order valence-corrected chi connectivity index (χ0v) is 10.3. The number of nitrogens with one attached hydrogen (secondary N) is 2. The van der Waals surface area contributed by atoms with Crippen molar-refractivity contribution in [1.29, 1.82) is 0 Å². The molecule has 0 aromatic heterocycles. The van der Waals surface area contributed by atoms with Crippen molar-refractivity contribution in [3.05, 3.63) is 0 Å². The third kappa shape index (κ3) is 5.00. The number of amides is 3. The van der Waals surface area contributed by atoms with E-state index in [9.17, 15) is 14.4 Å². The second-order valence-corrected chi connectivity index (χ2v) is 4.12. The molecule has 1 fully saturated rings. The molecule has 0 spiro atoms. The first-order chi connectivity index (χ1) is 8.49. The van der Waals surface area contributed by atoms with Crippen LogP contribution in [0.1, 0.15) is 0 Å². The minimum Gasteiger partial charge on any atom is -0.480 e. The second-order valence-electron chi connectivity index (χ2n) is 4.12. The van der Waals surface area contributed by atoms with E-state index >= 15 is 0 Å². The van der Waals surface area contributed by atoms with Gasteiger partial charge in [-0.3, -0.25) is 9.59 Å².